The lowest BCUT2D eigenvalue weighted by molar-refractivity contribution is 0.721. The van der Waals surface area contributed by atoms with Crippen LogP contribution in [0.5, 0.6) is 0 Å². The fourth-order valence-electron chi connectivity index (χ4n) is 1.02. The Morgan fingerprint density at radius 1 is 1.13 bits per heavy atom. The molecule has 86 valence electrons. The fourth-order valence-corrected chi connectivity index (χ4v) is 2.14. The summed E-state index contributed by atoms with van der Waals surface area (Å²) in [6, 6.07) is 0. The van der Waals surface area contributed by atoms with Crippen LogP contribution in [0.15, 0.2) is 8.96 Å². The van der Waals surface area contributed by atoms with Gasteiger partial charge < -0.3 is 0 Å². The molecule has 0 radical (unpaired) electrons. The molecule has 0 aliphatic heterocycles. The molecule has 0 aromatic heterocycles. The molecule has 15 heavy (non-hydrogen) atoms. The monoisotopic (exact) mass is 350 g/mol. The Kier molecular flexibility index (Phi) is 7.95. The molecule has 0 rings (SSSR count). The van der Waals surface area contributed by atoms with Crippen LogP contribution in [0, 0.1) is 11.5 Å². The average molecular weight is 352 g/mol. The summed E-state index contributed by atoms with van der Waals surface area (Å²) in [6.45, 7) is 9.03. The molecule has 0 fully saturated rings. The van der Waals surface area contributed by atoms with Gasteiger partial charge in [0.15, 0.2) is 0 Å². The van der Waals surface area contributed by atoms with Gasteiger partial charge in [-0.25, -0.2) is 0 Å². The molecule has 0 saturated carbocycles. The van der Waals surface area contributed by atoms with E-state index in [9.17, 15) is 0 Å². The molecule has 0 aliphatic carbocycles. The fraction of sp³-hybridized carbons (Fsp3) is 0.667. The first-order valence-electron chi connectivity index (χ1n) is 5.44. The first-order valence-corrected chi connectivity index (χ1v) is 10.5. The van der Waals surface area contributed by atoms with Crippen molar-refractivity contribution in [1.29, 1.82) is 0 Å². The van der Waals surface area contributed by atoms with Gasteiger partial charge in [0.2, 0.25) is 0 Å². The van der Waals surface area contributed by atoms with E-state index in [0.717, 1.165) is 9.81 Å². The van der Waals surface area contributed by atoms with Crippen molar-refractivity contribution in [3.05, 3.63) is 8.96 Å². The molecule has 0 aromatic carbocycles. The van der Waals surface area contributed by atoms with E-state index in [1.165, 1.54) is 24.8 Å². The summed E-state index contributed by atoms with van der Waals surface area (Å²) >= 11 is 6.94. The van der Waals surface area contributed by atoms with Crippen molar-refractivity contribution in [3.63, 3.8) is 0 Å². The van der Waals surface area contributed by atoms with E-state index >= 15 is 0 Å². The molecular weight excluding hydrogens is 332 g/mol. The second-order valence-electron chi connectivity index (χ2n) is 4.70. The molecular formula is C12H20Br2Si. The predicted molar refractivity (Wildman–Crippen MR) is 80.1 cm³/mol. The quantitative estimate of drug-likeness (QED) is 0.359. The summed E-state index contributed by atoms with van der Waals surface area (Å²) in [7, 11) is -1.25. The normalized spacial score (nSPS) is 10.5. The molecule has 0 saturated heterocycles. The van der Waals surface area contributed by atoms with Gasteiger partial charge in [0.1, 0.15) is 8.07 Å². The number of halogens is 2. The third kappa shape index (κ3) is 9.41. The van der Waals surface area contributed by atoms with Crippen LogP contribution in [-0.2, 0) is 0 Å². The van der Waals surface area contributed by atoms with E-state index in [4.69, 9.17) is 0 Å². The van der Waals surface area contributed by atoms with Crippen LogP contribution >= 0.6 is 31.9 Å². The maximum atomic E-state index is 3.47. The summed E-state index contributed by atoms with van der Waals surface area (Å²) in [5.74, 6) is 3.32. The summed E-state index contributed by atoms with van der Waals surface area (Å²) < 4.78 is 1.02. The molecule has 0 bridgehead atoms. The van der Waals surface area contributed by atoms with Crippen LogP contribution in [0.1, 0.15) is 32.6 Å². The lowest BCUT2D eigenvalue weighted by atomic mass is 10.1. The summed E-state index contributed by atoms with van der Waals surface area (Å²) in [5, 5.41) is 0. The van der Waals surface area contributed by atoms with Crippen LogP contribution in [-0.4, -0.2) is 8.07 Å². The molecule has 0 aromatic rings. The van der Waals surface area contributed by atoms with E-state index in [1.54, 1.807) is 0 Å². The van der Waals surface area contributed by atoms with Crippen molar-refractivity contribution in [2.45, 2.75) is 52.2 Å². The van der Waals surface area contributed by atoms with E-state index < -0.39 is 8.07 Å². The third-order valence-corrected chi connectivity index (χ3v) is 3.68. The Hall–Kier alpha value is 0.477. The van der Waals surface area contributed by atoms with Gasteiger partial charge in [-0.05, 0) is 44.7 Å². The van der Waals surface area contributed by atoms with Crippen molar-refractivity contribution in [1.82, 2.24) is 0 Å². The number of unbranched alkanes of at least 4 members (excludes halogenated alkanes) is 2. The first kappa shape index (κ1) is 15.5. The van der Waals surface area contributed by atoms with E-state index in [0.29, 0.717) is 0 Å². The van der Waals surface area contributed by atoms with Crippen LogP contribution in [0.4, 0.5) is 0 Å². The average Bonchev–Trinajstić information content (AvgIpc) is 2.08. The molecule has 3 heteroatoms. The van der Waals surface area contributed by atoms with Gasteiger partial charge in [0.25, 0.3) is 0 Å². The maximum absolute atomic E-state index is 3.47. The first-order chi connectivity index (χ1) is 6.87. The minimum Gasteiger partial charge on any atom is -0.127 e. The predicted octanol–water partition coefficient (Wildman–Crippen LogP) is 5.45. The Bertz CT molecular complexity index is 272. The van der Waals surface area contributed by atoms with Crippen LogP contribution in [0.25, 0.3) is 0 Å². The summed E-state index contributed by atoms with van der Waals surface area (Å²) in [4.78, 5) is 0. The van der Waals surface area contributed by atoms with Crippen molar-refractivity contribution in [3.8, 4) is 11.5 Å². The lowest BCUT2D eigenvalue weighted by Gasteiger charge is -2.05. The minimum atomic E-state index is -1.25. The SMILES string of the molecule is CCCCCC(C#C[Si](C)(C)C)=C(Br)Br. The minimum absolute atomic E-state index is 1.02. The molecule has 0 aliphatic rings. The zero-order valence-electron chi connectivity index (χ0n) is 10.1. The molecule has 0 amide bonds. The highest BCUT2D eigenvalue weighted by Gasteiger charge is 2.08. The Morgan fingerprint density at radius 3 is 2.13 bits per heavy atom. The summed E-state index contributed by atoms with van der Waals surface area (Å²) in [5.41, 5.74) is 4.62. The van der Waals surface area contributed by atoms with E-state index in [1.807, 2.05) is 0 Å². The standard InChI is InChI=1S/C12H20Br2Si/c1-5-6-7-8-11(12(13)14)9-10-15(2,3)4/h5-8H2,1-4H3. The molecule has 0 N–H and O–H groups in total. The highest BCUT2D eigenvalue weighted by Crippen LogP contribution is 2.23. The van der Waals surface area contributed by atoms with Gasteiger partial charge in [-0.3, -0.25) is 0 Å². The Balaban J connectivity index is 4.43. The van der Waals surface area contributed by atoms with Crippen molar-refractivity contribution >= 4 is 39.9 Å². The van der Waals surface area contributed by atoms with Crippen LogP contribution in [0.3, 0.4) is 0 Å². The van der Waals surface area contributed by atoms with Gasteiger partial charge in [-0.2, -0.15) is 0 Å². The Labute approximate surface area is 112 Å². The molecule has 0 unspecified atom stereocenters. The van der Waals surface area contributed by atoms with E-state index in [2.05, 4.69) is 69.9 Å². The van der Waals surface area contributed by atoms with Crippen molar-refractivity contribution < 1.29 is 0 Å². The zero-order chi connectivity index (χ0) is 11.9. The molecule has 0 spiro atoms. The van der Waals surface area contributed by atoms with Crippen molar-refractivity contribution in [2.24, 2.45) is 0 Å². The maximum Gasteiger partial charge on any atom is 0.129 e. The molecule has 0 atom stereocenters. The number of allylic oxidation sites excluding steroid dienone is 1. The van der Waals surface area contributed by atoms with Gasteiger partial charge in [0.05, 0.1) is 3.39 Å². The van der Waals surface area contributed by atoms with Crippen LogP contribution in [0.2, 0.25) is 19.6 Å². The largest absolute Gasteiger partial charge is 0.129 e. The molecule has 0 nitrogen and oxygen atoms in total. The van der Waals surface area contributed by atoms with Crippen LogP contribution < -0.4 is 0 Å². The van der Waals surface area contributed by atoms with Gasteiger partial charge in [-0.1, -0.05) is 45.3 Å². The van der Waals surface area contributed by atoms with Gasteiger partial charge >= 0.3 is 0 Å². The molecule has 0 heterocycles. The second-order valence-corrected chi connectivity index (χ2v) is 12.1. The lowest BCUT2D eigenvalue weighted by Crippen LogP contribution is -2.16. The number of hydrogen-bond acceptors (Lipinski definition) is 0. The third-order valence-electron chi connectivity index (χ3n) is 1.85. The van der Waals surface area contributed by atoms with Gasteiger partial charge in [-0.15, -0.1) is 5.54 Å². The smallest absolute Gasteiger partial charge is 0.127 e. The highest BCUT2D eigenvalue weighted by molar-refractivity contribution is 9.28. The summed E-state index contributed by atoms with van der Waals surface area (Å²) in [6.07, 6.45) is 4.85. The van der Waals surface area contributed by atoms with Gasteiger partial charge in [0, 0.05) is 5.57 Å². The number of hydrogen-bond donors (Lipinski definition) is 0. The second kappa shape index (κ2) is 7.70. The Morgan fingerprint density at radius 2 is 1.73 bits per heavy atom. The van der Waals surface area contributed by atoms with E-state index in [-0.39, 0.29) is 0 Å². The van der Waals surface area contributed by atoms with Crippen molar-refractivity contribution in [2.75, 3.05) is 0 Å². The number of rotatable bonds is 4. The zero-order valence-corrected chi connectivity index (χ0v) is 14.3. The highest BCUT2D eigenvalue weighted by atomic mass is 79.9. The topological polar surface area (TPSA) is 0 Å².